The highest BCUT2D eigenvalue weighted by Gasteiger charge is 2.41. The van der Waals surface area contributed by atoms with E-state index in [0.717, 1.165) is 61.8 Å². The molecule has 1 unspecified atom stereocenters. The van der Waals surface area contributed by atoms with Crippen molar-refractivity contribution in [3.63, 3.8) is 0 Å². The van der Waals surface area contributed by atoms with Crippen LogP contribution in [-0.4, -0.2) is 40.4 Å². The van der Waals surface area contributed by atoms with Gasteiger partial charge in [-0.1, -0.05) is 12.1 Å². The van der Waals surface area contributed by atoms with Gasteiger partial charge in [0.2, 0.25) is 0 Å². The number of hydrogen-bond acceptors (Lipinski definition) is 5. The molecule has 0 amide bonds. The van der Waals surface area contributed by atoms with Crippen LogP contribution in [-0.2, 0) is 28.1 Å². The van der Waals surface area contributed by atoms with Gasteiger partial charge >= 0.3 is 0 Å². The maximum Gasteiger partial charge on any atom is 0.181 e. The van der Waals surface area contributed by atoms with E-state index in [2.05, 4.69) is 5.10 Å². The molecule has 0 spiro atoms. The summed E-state index contributed by atoms with van der Waals surface area (Å²) in [7, 11) is -1.43. The molecule has 0 saturated heterocycles. The average molecular weight is 457 g/mol. The van der Waals surface area contributed by atoms with Crippen molar-refractivity contribution < 1.29 is 18.3 Å². The van der Waals surface area contributed by atoms with Crippen LogP contribution in [0.3, 0.4) is 0 Å². The van der Waals surface area contributed by atoms with Crippen molar-refractivity contribution in [2.24, 2.45) is 13.0 Å². The van der Waals surface area contributed by atoms with E-state index < -0.39 is 9.84 Å². The number of rotatable bonds is 9. The molecular formula is C25H32N2O4S. The van der Waals surface area contributed by atoms with Crippen LogP contribution >= 0.6 is 0 Å². The molecule has 2 aromatic rings. The van der Waals surface area contributed by atoms with Gasteiger partial charge < -0.3 is 5.11 Å². The highest BCUT2D eigenvalue weighted by atomic mass is 32.2. The number of benzene rings is 1. The third-order valence-electron chi connectivity index (χ3n) is 7.32. The van der Waals surface area contributed by atoms with Gasteiger partial charge in [0.05, 0.1) is 28.4 Å². The van der Waals surface area contributed by atoms with Gasteiger partial charge in [-0.2, -0.15) is 5.10 Å². The van der Waals surface area contributed by atoms with Crippen LogP contribution in [0.4, 0.5) is 0 Å². The lowest BCUT2D eigenvalue weighted by Gasteiger charge is -2.22. The van der Waals surface area contributed by atoms with E-state index in [0.29, 0.717) is 23.2 Å². The third-order valence-corrected chi connectivity index (χ3v) is 9.65. The predicted octanol–water partition coefficient (Wildman–Crippen LogP) is 3.68. The third kappa shape index (κ3) is 4.55. The van der Waals surface area contributed by atoms with Crippen LogP contribution in [0, 0.1) is 5.92 Å². The Labute approximate surface area is 189 Å². The lowest BCUT2D eigenvalue weighted by atomic mass is 9.83. The van der Waals surface area contributed by atoms with Crippen molar-refractivity contribution in [3.8, 4) is 0 Å². The number of Topliss-reactive ketones (excluding diaryl/α,β-unsaturated/α-hetero) is 1. The van der Waals surface area contributed by atoms with E-state index >= 15 is 0 Å². The number of nitrogens with zero attached hydrogens (tertiary/aromatic N) is 2. The van der Waals surface area contributed by atoms with E-state index in [9.17, 15) is 18.3 Å². The molecule has 3 fully saturated rings. The lowest BCUT2D eigenvalue weighted by Crippen LogP contribution is -2.19. The first-order valence-electron chi connectivity index (χ1n) is 11.9. The Morgan fingerprint density at radius 2 is 1.94 bits per heavy atom. The molecule has 6 nitrogen and oxygen atoms in total. The normalized spacial score (nSPS) is 24.6. The largest absolute Gasteiger partial charge is 0.393 e. The Balaban J connectivity index is 1.47. The molecule has 0 radical (unpaired) electrons. The van der Waals surface area contributed by atoms with Gasteiger partial charge in [0.25, 0.3) is 0 Å². The number of carbonyl (C=O) groups is 1. The SMILES string of the molecule is Cn1ccc(CC(=O)[C@H](C[C@H]2CCC(O)C2)c2ccc(S(=O)(=O)C3CC3)c(C3CC3)c2)n1. The van der Waals surface area contributed by atoms with Crippen LogP contribution in [0.25, 0.3) is 0 Å². The Morgan fingerprint density at radius 3 is 2.53 bits per heavy atom. The highest BCUT2D eigenvalue weighted by Crippen LogP contribution is 2.47. The maximum absolute atomic E-state index is 13.5. The number of ketones is 1. The minimum Gasteiger partial charge on any atom is -0.393 e. The molecule has 7 heteroatoms. The van der Waals surface area contributed by atoms with Gasteiger partial charge in [-0.05, 0) is 86.5 Å². The molecule has 3 saturated carbocycles. The molecule has 0 aliphatic heterocycles. The fourth-order valence-electron chi connectivity index (χ4n) is 5.22. The molecule has 32 heavy (non-hydrogen) atoms. The van der Waals surface area contributed by atoms with E-state index in [1.165, 1.54) is 0 Å². The number of carbonyl (C=O) groups excluding carboxylic acids is 1. The van der Waals surface area contributed by atoms with Crippen LogP contribution in [0.1, 0.15) is 80.0 Å². The van der Waals surface area contributed by atoms with Crippen LogP contribution in [0.2, 0.25) is 0 Å². The zero-order chi connectivity index (χ0) is 22.5. The Bertz CT molecular complexity index is 1110. The number of hydrogen-bond donors (Lipinski definition) is 1. The van der Waals surface area contributed by atoms with Gasteiger partial charge in [0, 0.05) is 19.2 Å². The van der Waals surface area contributed by atoms with Crippen molar-refractivity contribution in [2.75, 3.05) is 0 Å². The second-order valence-electron chi connectivity index (χ2n) is 10.1. The summed E-state index contributed by atoms with van der Waals surface area (Å²) < 4.78 is 27.7. The topological polar surface area (TPSA) is 89.3 Å². The summed E-state index contributed by atoms with van der Waals surface area (Å²) >= 11 is 0. The molecule has 1 aromatic heterocycles. The Morgan fingerprint density at radius 1 is 1.16 bits per heavy atom. The molecule has 1 heterocycles. The van der Waals surface area contributed by atoms with E-state index in [4.69, 9.17) is 0 Å². The molecule has 3 aliphatic carbocycles. The first kappa shape index (κ1) is 21.8. The van der Waals surface area contributed by atoms with Crippen molar-refractivity contribution in [3.05, 3.63) is 47.3 Å². The molecule has 3 aliphatic rings. The first-order valence-corrected chi connectivity index (χ1v) is 13.4. The van der Waals surface area contributed by atoms with Crippen LogP contribution < -0.4 is 0 Å². The minimum absolute atomic E-state index is 0.115. The molecule has 172 valence electrons. The molecule has 1 N–H and O–H groups in total. The highest BCUT2D eigenvalue weighted by molar-refractivity contribution is 7.92. The number of aliphatic hydroxyl groups is 1. The van der Waals surface area contributed by atoms with E-state index in [-0.39, 0.29) is 29.5 Å². The van der Waals surface area contributed by atoms with Crippen LogP contribution in [0.15, 0.2) is 35.4 Å². The standard InChI is InChI=1S/C25H32N2O4S/c1-27-11-10-19(26-27)15-24(29)22(13-16-2-6-20(28)12-16)18-5-9-25(23(14-18)17-3-4-17)32(30,31)21-7-8-21/h5,9-11,14,16-17,20-22,28H,2-4,6-8,12-13,15H2,1H3/t16-,20?,22+/m0/s1. The van der Waals surface area contributed by atoms with Gasteiger partial charge in [-0.3, -0.25) is 9.48 Å². The van der Waals surface area contributed by atoms with Gasteiger partial charge in [0.1, 0.15) is 5.78 Å². The summed E-state index contributed by atoms with van der Waals surface area (Å²) in [6.07, 6.45) is 8.51. The maximum atomic E-state index is 13.5. The quantitative estimate of drug-likeness (QED) is 0.622. The summed E-state index contributed by atoms with van der Waals surface area (Å²) in [4.78, 5) is 13.9. The summed E-state index contributed by atoms with van der Waals surface area (Å²) in [5, 5.41) is 14.2. The molecule has 3 atom stereocenters. The summed E-state index contributed by atoms with van der Waals surface area (Å²) in [6.45, 7) is 0. The van der Waals surface area contributed by atoms with Crippen molar-refractivity contribution in [2.45, 2.75) is 85.9 Å². The molecular weight excluding hydrogens is 424 g/mol. The Kier molecular flexibility index (Phi) is 5.74. The number of aromatic nitrogens is 2. The number of aliphatic hydroxyl groups excluding tert-OH is 1. The molecule has 0 bridgehead atoms. The number of sulfone groups is 1. The average Bonchev–Trinajstić information content (AvgIpc) is 3.68. The van der Waals surface area contributed by atoms with Crippen molar-refractivity contribution in [1.82, 2.24) is 9.78 Å². The summed E-state index contributed by atoms with van der Waals surface area (Å²) in [6, 6.07) is 7.52. The second-order valence-corrected chi connectivity index (χ2v) is 12.3. The van der Waals surface area contributed by atoms with Gasteiger partial charge in [-0.25, -0.2) is 8.42 Å². The second kappa shape index (κ2) is 8.41. The van der Waals surface area contributed by atoms with E-state index in [1.54, 1.807) is 10.7 Å². The molecule has 1 aromatic carbocycles. The monoisotopic (exact) mass is 456 g/mol. The summed E-state index contributed by atoms with van der Waals surface area (Å²) in [5.41, 5.74) is 2.59. The van der Waals surface area contributed by atoms with Crippen LogP contribution in [0.5, 0.6) is 0 Å². The minimum atomic E-state index is -3.27. The van der Waals surface area contributed by atoms with Gasteiger partial charge in [-0.15, -0.1) is 0 Å². The smallest absolute Gasteiger partial charge is 0.181 e. The van der Waals surface area contributed by atoms with Crippen molar-refractivity contribution >= 4 is 15.6 Å². The van der Waals surface area contributed by atoms with Gasteiger partial charge in [0.15, 0.2) is 9.84 Å². The zero-order valence-electron chi connectivity index (χ0n) is 18.6. The fourth-order valence-corrected chi connectivity index (χ4v) is 7.15. The fraction of sp³-hybridized carbons (Fsp3) is 0.600. The zero-order valence-corrected chi connectivity index (χ0v) is 19.4. The first-order chi connectivity index (χ1) is 15.3. The molecule has 5 rings (SSSR count). The predicted molar refractivity (Wildman–Crippen MR) is 121 cm³/mol. The summed E-state index contributed by atoms with van der Waals surface area (Å²) in [5.74, 6) is 0.410. The Hall–Kier alpha value is -1.99. The number of aryl methyl sites for hydroxylation is 1. The van der Waals surface area contributed by atoms with E-state index in [1.807, 2.05) is 31.4 Å². The van der Waals surface area contributed by atoms with Crippen molar-refractivity contribution in [1.29, 1.82) is 0 Å². The lowest BCUT2D eigenvalue weighted by molar-refractivity contribution is -0.120.